The van der Waals surface area contributed by atoms with Crippen LogP contribution in [0.3, 0.4) is 0 Å². The second-order valence-electron chi connectivity index (χ2n) is 3.71. The molecule has 1 aliphatic heterocycles. The van der Waals surface area contributed by atoms with Gasteiger partial charge in [-0.15, -0.1) is 0 Å². The molecule has 0 aromatic heterocycles. The molecule has 82 valence electrons. The average molecular weight is 201 g/mol. The number of hydrogen-bond donors (Lipinski definition) is 1. The largest absolute Gasteiger partial charge is 0.377 e. The van der Waals surface area contributed by atoms with Gasteiger partial charge < -0.3 is 14.8 Å². The number of carbonyl (C=O) groups excluding carboxylic acids is 1. The maximum absolute atomic E-state index is 11.4. The molecule has 1 N–H and O–H groups in total. The van der Waals surface area contributed by atoms with Crippen LogP contribution in [0.25, 0.3) is 0 Å². The maximum atomic E-state index is 11.4. The highest BCUT2D eigenvalue weighted by atomic mass is 16.5. The van der Waals surface area contributed by atoms with Crippen molar-refractivity contribution >= 4 is 5.91 Å². The molecule has 1 rings (SSSR count). The zero-order valence-electron chi connectivity index (χ0n) is 8.91. The van der Waals surface area contributed by atoms with E-state index in [0.717, 1.165) is 12.8 Å². The van der Waals surface area contributed by atoms with Crippen molar-refractivity contribution in [1.29, 1.82) is 0 Å². The lowest BCUT2D eigenvalue weighted by Gasteiger charge is -2.11. The third-order valence-electron chi connectivity index (χ3n) is 2.07. The second-order valence-corrected chi connectivity index (χ2v) is 3.71. The molecule has 1 aliphatic rings. The summed E-state index contributed by atoms with van der Waals surface area (Å²) in [4.78, 5) is 11.4. The summed E-state index contributed by atoms with van der Waals surface area (Å²) >= 11 is 0. The van der Waals surface area contributed by atoms with Crippen molar-refractivity contribution in [3.05, 3.63) is 0 Å². The molecule has 0 aliphatic carbocycles. The van der Waals surface area contributed by atoms with E-state index in [2.05, 4.69) is 5.32 Å². The topological polar surface area (TPSA) is 47.6 Å². The van der Waals surface area contributed by atoms with Crippen molar-refractivity contribution in [2.24, 2.45) is 0 Å². The summed E-state index contributed by atoms with van der Waals surface area (Å²) in [6, 6.07) is 0. The molecular formula is C10H19NO3. The van der Waals surface area contributed by atoms with Crippen LogP contribution in [0.4, 0.5) is 0 Å². The number of rotatable bonds is 5. The Hall–Kier alpha value is -0.610. The molecule has 0 bridgehead atoms. The first-order valence-corrected chi connectivity index (χ1v) is 5.21. The van der Waals surface area contributed by atoms with E-state index in [1.165, 1.54) is 0 Å². The highest BCUT2D eigenvalue weighted by Crippen LogP contribution is 2.11. The molecule has 0 spiro atoms. The fraction of sp³-hybridized carbons (Fsp3) is 0.900. The summed E-state index contributed by atoms with van der Waals surface area (Å²) in [6.45, 7) is 5.79. The van der Waals surface area contributed by atoms with E-state index in [0.29, 0.717) is 19.8 Å². The Morgan fingerprint density at radius 1 is 1.64 bits per heavy atom. The van der Waals surface area contributed by atoms with E-state index in [1.54, 1.807) is 0 Å². The Morgan fingerprint density at radius 3 is 3.00 bits per heavy atom. The molecule has 4 heteroatoms. The van der Waals surface area contributed by atoms with E-state index in [1.807, 2.05) is 13.8 Å². The first-order chi connectivity index (χ1) is 6.70. The number of carbonyl (C=O) groups is 1. The minimum atomic E-state index is -0.228. The van der Waals surface area contributed by atoms with E-state index >= 15 is 0 Å². The van der Waals surface area contributed by atoms with Gasteiger partial charge in [0, 0.05) is 13.2 Å². The standard InChI is InChI=1S/C10H19NO3/c1-8(2)13-7-5-11-10(12)9-4-3-6-14-9/h8-9H,3-7H2,1-2H3,(H,11,12). The van der Waals surface area contributed by atoms with Crippen molar-refractivity contribution in [2.45, 2.75) is 38.9 Å². The highest BCUT2D eigenvalue weighted by molar-refractivity contribution is 5.80. The molecule has 1 atom stereocenters. The smallest absolute Gasteiger partial charge is 0.249 e. The zero-order chi connectivity index (χ0) is 10.4. The van der Waals surface area contributed by atoms with Gasteiger partial charge in [0.05, 0.1) is 12.7 Å². The predicted octanol–water partition coefficient (Wildman–Crippen LogP) is 0.707. The first-order valence-electron chi connectivity index (χ1n) is 5.21. The van der Waals surface area contributed by atoms with Gasteiger partial charge in [0.15, 0.2) is 0 Å². The Kier molecular flexibility index (Phi) is 4.90. The molecule has 0 saturated carbocycles. The van der Waals surface area contributed by atoms with Gasteiger partial charge in [-0.25, -0.2) is 0 Å². The van der Waals surface area contributed by atoms with E-state index < -0.39 is 0 Å². The van der Waals surface area contributed by atoms with E-state index in [4.69, 9.17) is 9.47 Å². The Bertz CT molecular complexity index is 176. The van der Waals surface area contributed by atoms with Crippen LogP contribution in [0.15, 0.2) is 0 Å². The van der Waals surface area contributed by atoms with Gasteiger partial charge in [-0.05, 0) is 26.7 Å². The number of nitrogens with one attached hydrogen (secondary N) is 1. The minimum Gasteiger partial charge on any atom is -0.377 e. The van der Waals surface area contributed by atoms with Gasteiger partial charge in [-0.2, -0.15) is 0 Å². The molecule has 1 fully saturated rings. The number of amides is 1. The number of hydrogen-bond acceptors (Lipinski definition) is 3. The summed E-state index contributed by atoms with van der Waals surface area (Å²) in [6.07, 6.45) is 1.82. The molecule has 0 radical (unpaired) electrons. The molecule has 1 heterocycles. The van der Waals surface area contributed by atoms with Crippen LogP contribution >= 0.6 is 0 Å². The van der Waals surface area contributed by atoms with Crippen LogP contribution in [-0.2, 0) is 14.3 Å². The van der Waals surface area contributed by atoms with Crippen molar-refractivity contribution in [3.8, 4) is 0 Å². The highest BCUT2D eigenvalue weighted by Gasteiger charge is 2.22. The third kappa shape index (κ3) is 4.07. The lowest BCUT2D eigenvalue weighted by Crippen LogP contribution is -2.36. The molecule has 0 aromatic carbocycles. The monoisotopic (exact) mass is 201 g/mol. The Labute approximate surface area is 85.0 Å². The van der Waals surface area contributed by atoms with Crippen molar-refractivity contribution in [2.75, 3.05) is 19.8 Å². The molecule has 1 unspecified atom stereocenters. The minimum absolute atomic E-state index is 0.00476. The molecule has 14 heavy (non-hydrogen) atoms. The predicted molar refractivity (Wildman–Crippen MR) is 53.1 cm³/mol. The lowest BCUT2D eigenvalue weighted by molar-refractivity contribution is -0.130. The van der Waals surface area contributed by atoms with Crippen LogP contribution < -0.4 is 5.32 Å². The van der Waals surface area contributed by atoms with Gasteiger partial charge in [0.25, 0.3) is 0 Å². The fourth-order valence-electron chi connectivity index (χ4n) is 1.37. The molecule has 1 amide bonds. The van der Waals surface area contributed by atoms with Crippen LogP contribution in [-0.4, -0.2) is 37.9 Å². The summed E-state index contributed by atoms with van der Waals surface area (Å²) in [5, 5.41) is 2.79. The zero-order valence-corrected chi connectivity index (χ0v) is 8.91. The van der Waals surface area contributed by atoms with Gasteiger partial charge in [0.2, 0.25) is 5.91 Å². The summed E-state index contributed by atoms with van der Waals surface area (Å²) in [5.74, 6) is -0.00476. The number of ether oxygens (including phenoxy) is 2. The average Bonchev–Trinajstić information content (AvgIpc) is 2.64. The first kappa shape index (κ1) is 11.5. The SMILES string of the molecule is CC(C)OCCNC(=O)C1CCCO1. The Morgan fingerprint density at radius 2 is 2.43 bits per heavy atom. The lowest BCUT2D eigenvalue weighted by atomic mass is 10.2. The Balaban J connectivity index is 2.03. The quantitative estimate of drug-likeness (QED) is 0.666. The molecule has 4 nitrogen and oxygen atoms in total. The van der Waals surface area contributed by atoms with Crippen molar-refractivity contribution in [1.82, 2.24) is 5.32 Å². The fourth-order valence-corrected chi connectivity index (χ4v) is 1.37. The van der Waals surface area contributed by atoms with E-state index in [-0.39, 0.29) is 18.1 Å². The van der Waals surface area contributed by atoms with Crippen LogP contribution in [0, 0.1) is 0 Å². The van der Waals surface area contributed by atoms with Gasteiger partial charge >= 0.3 is 0 Å². The van der Waals surface area contributed by atoms with Crippen molar-refractivity contribution < 1.29 is 14.3 Å². The van der Waals surface area contributed by atoms with E-state index in [9.17, 15) is 4.79 Å². The van der Waals surface area contributed by atoms with Crippen LogP contribution in [0.5, 0.6) is 0 Å². The third-order valence-corrected chi connectivity index (χ3v) is 2.07. The molecular weight excluding hydrogens is 182 g/mol. The van der Waals surface area contributed by atoms with Gasteiger partial charge in [0.1, 0.15) is 6.10 Å². The summed E-state index contributed by atoms with van der Waals surface area (Å²) in [7, 11) is 0. The molecule has 1 saturated heterocycles. The van der Waals surface area contributed by atoms with Crippen molar-refractivity contribution in [3.63, 3.8) is 0 Å². The summed E-state index contributed by atoms with van der Waals surface area (Å²) < 4.78 is 10.5. The summed E-state index contributed by atoms with van der Waals surface area (Å²) in [5.41, 5.74) is 0. The van der Waals surface area contributed by atoms with Gasteiger partial charge in [-0.3, -0.25) is 4.79 Å². The second kappa shape index (κ2) is 5.98. The normalized spacial score (nSPS) is 21.5. The molecule has 0 aromatic rings. The van der Waals surface area contributed by atoms with Crippen LogP contribution in [0.2, 0.25) is 0 Å². The van der Waals surface area contributed by atoms with Crippen LogP contribution in [0.1, 0.15) is 26.7 Å². The van der Waals surface area contributed by atoms with Gasteiger partial charge in [-0.1, -0.05) is 0 Å². The maximum Gasteiger partial charge on any atom is 0.249 e.